The third kappa shape index (κ3) is 3.80. The minimum absolute atomic E-state index is 0.183. The number of fused-ring (bicyclic) bond motifs is 2. The maximum Gasteiger partial charge on any atom is 0.294 e. The van der Waals surface area contributed by atoms with Crippen molar-refractivity contribution < 1.29 is 18.0 Å². The first-order valence-corrected chi connectivity index (χ1v) is 11.8. The molecular formula is C21H18ClN3O4S2. The van der Waals surface area contributed by atoms with Crippen molar-refractivity contribution in [2.75, 3.05) is 18.8 Å². The molecule has 0 aliphatic rings. The van der Waals surface area contributed by atoms with Gasteiger partial charge in [-0.1, -0.05) is 11.6 Å². The molecule has 160 valence electrons. The lowest BCUT2D eigenvalue weighted by Gasteiger charge is -2.09. The van der Waals surface area contributed by atoms with Gasteiger partial charge < -0.3 is 9.88 Å². The molecule has 0 spiro atoms. The van der Waals surface area contributed by atoms with Gasteiger partial charge in [0.15, 0.2) is 0 Å². The molecule has 0 bridgehead atoms. The summed E-state index contributed by atoms with van der Waals surface area (Å²) < 4.78 is 29.8. The molecule has 0 radical (unpaired) electrons. The quantitative estimate of drug-likeness (QED) is 0.329. The van der Waals surface area contributed by atoms with E-state index in [4.69, 9.17) is 11.6 Å². The molecule has 0 aliphatic carbocycles. The van der Waals surface area contributed by atoms with Gasteiger partial charge in [0.25, 0.3) is 21.7 Å². The maximum atomic E-state index is 13.1. The van der Waals surface area contributed by atoms with Crippen LogP contribution in [0, 0.1) is 6.92 Å². The molecule has 0 unspecified atom stereocenters. The van der Waals surface area contributed by atoms with Crippen LogP contribution in [0.15, 0.2) is 46.8 Å². The van der Waals surface area contributed by atoms with Crippen LogP contribution in [-0.2, 0) is 14.8 Å². The summed E-state index contributed by atoms with van der Waals surface area (Å²) in [5.41, 5.74) is 1.70. The molecule has 4 rings (SSSR count). The molecule has 7 nitrogen and oxygen atoms in total. The molecule has 0 fully saturated rings. The van der Waals surface area contributed by atoms with Gasteiger partial charge in [-0.15, -0.1) is 11.3 Å². The average molecular weight is 476 g/mol. The summed E-state index contributed by atoms with van der Waals surface area (Å²) in [6, 6.07) is 10.0. The Bertz CT molecular complexity index is 1470. The number of H-pyrrole nitrogens is 1. The molecule has 2 aromatic carbocycles. The highest BCUT2D eigenvalue weighted by Crippen LogP contribution is 2.36. The Balaban J connectivity index is 1.73. The summed E-state index contributed by atoms with van der Waals surface area (Å²) >= 11 is 7.21. The number of Topliss-reactive ketones (excluding diaryl/α,β-unsaturated/α-hetero) is 1. The fourth-order valence-corrected chi connectivity index (χ4v) is 6.29. The van der Waals surface area contributed by atoms with Crippen LogP contribution in [0.3, 0.4) is 0 Å². The second-order valence-corrected chi connectivity index (χ2v) is 10.6. The summed E-state index contributed by atoms with van der Waals surface area (Å²) in [5.74, 6) is -1.33. The van der Waals surface area contributed by atoms with E-state index in [0.29, 0.717) is 21.5 Å². The summed E-state index contributed by atoms with van der Waals surface area (Å²) in [6.45, 7) is 1.74. The summed E-state index contributed by atoms with van der Waals surface area (Å²) in [6.07, 6.45) is 1.45. The Morgan fingerprint density at radius 3 is 2.55 bits per heavy atom. The number of benzene rings is 2. The second kappa shape index (κ2) is 7.67. The van der Waals surface area contributed by atoms with E-state index in [1.54, 1.807) is 43.3 Å². The van der Waals surface area contributed by atoms with Crippen molar-refractivity contribution >= 4 is 71.3 Å². The number of carbonyl (C=O) groups is 2. The Kier molecular flexibility index (Phi) is 5.28. The first kappa shape index (κ1) is 21.4. The lowest BCUT2D eigenvalue weighted by atomic mass is 10.1. The van der Waals surface area contributed by atoms with Crippen LogP contribution in [0.5, 0.6) is 0 Å². The number of aromatic amines is 1. The molecule has 31 heavy (non-hydrogen) atoms. The molecular weight excluding hydrogens is 458 g/mol. The number of ketones is 1. The molecule has 2 heterocycles. The minimum atomic E-state index is -3.88. The molecule has 4 aromatic rings. The number of hydrogen-bond acceptors (Lipinski definition) is 5. The van der Waals surface area contributed by atoms with E-state index in [9.17, 15) is 18.0 Å². The zero-order valence-electron chi connectivity index (χ0n) is 16.8. The number of aryl methyl sites for hydroxylation is 1. The number of nitrogens with zero attached hydrogens (tertiary/aromatic N) is 1. The molecule has 0 saturated carbocycles. The lowest BCUT2D eigenvalue weighted by Crippen LogP contribution is -2.29. The number of sulfonamides is 1. The normalized spacial score (nSPS) is 11.7. The zero-order chi connectivity index (χ0) is 22.5. The third-order valence-electron chi connectivity index (χ3n) is 4.88. The first-order chi connectivity index (χ1) is 14.6. The molecule has 0 atom stereocenters. The SMILES string of the molecule is Cc1c(S(=O)(=O)Nc2ccc3[nH]cc(C(=O)C(=O)N(C)C)c3c2)sc2ccc(Cl)cc12. The molecule has 0 saturated heterocycles. The van der Waals surface area contributed by atoms with Crippen LogP contribution in [-0.4, -0.2) is 44.1 Å². The Morgan fingerprint density at radius 1 is 1.10 bits per heavy atom. The number of anilines is 1. The van der Waals surface area contributed by atoms with Crippen LogP contribution in [0.4, 0.5) is 5.69 Å². The predicted molar refractivity (Wildman–Crippen MR) is 124 cm³/mol. The standard InChI is InChI=1S/C21H18ClN3O4S2/c1-11-14-8-12(22)4-7-18(14)30-21(11)31(28,29)24-13-5-6-17-15(9-13)16(10-23-17)19(26)20(27)25(2)3/h4-10,23-24H,1-3H3. The van der Waals surface area contributed by atoms with Crippen LogP contribution in [0.2, 0.25) is 5.02 Å². The highest BCUT2D eigenvalue weighted by molar-refractivity contribution is 7.94. The van der Waals surface area contributed by atoms with E-state index >= 15 is 0 Å². The van der Waals surface area contributed by atoms with Gasteiger partial charge in [0.2, 0.25) is 0 Å². The topological polar surface area (TPSA) is 99.3 Å². The van der Waals surface area contributed by atoms with Crippen molar-refractivity contribution in [2.45, 2.75) is 11.1 Å². The van der Waals surface area contributed by atoms with Crippen molar-refractivity contribution in [3.63, 3.8) is 0 Å². The smallest absolute Gasteiger partial charge is 0.294 e. The number of thiophene rings is 1. The summed E-state index contributed by atoms with van der Waals surface area (Å²) in [7, 11) is -0.888. The highest BCUT2D eigenvalue weighted by atomic mass is 35.5. The van der Waals surface area contributed by atoms with Crippen molar-refractivity contribution in [3.05, 3.63) is 58.7 Å². The number of rotatable bonds is 5. The molecule has 1 amide bonds. The first-order valence-electron chi connectivity index (χ1n) is 9.17. The highest BCUT2D eigenvalue weighted by Gasteiger charge is 2.24. The van der Waals surface area contributed by atoms with E-state index < -0.39 is 21.7 Å². The van der Waals surface area contributed by atoms with Crippen molar-refractivity contribution in [1.82, 2.24) is 9.88 Å². The zero-order valence-corrected chi connectivity index (χ0v) is 19.2. The largest absolute Gasteiger partial charge is 0.360 e. The summed E-state index contributed by atoms with van der Waals surface area (Å²) in [5, 5.41) is 1.78. The molecule has 2 N–H and O–H groups in total. The van der Waals surface area contributed by atoms with Crippen LogP contribution in [0.1, 0.15) is 15.9 Å². The molecule has 10 heteroatoms. The number of carbonyl (C=O) groups excluding carboxylic acids is 2. The van der Waals surface area contributed by atoms with Gasteiger partial charge in [0, 0.05) is 46.6 Å². The van der Waals surface area contributed by atoms with Gasteiger partial charge in [0.05, 0.1) is 5.56 Å². The number of amides is 1. The van der Waals surface area contributed by atoms with Crippen LogP contribution in [0.25, 0.3) is 21.0 Å². The van der Waals surface area contributed by atoms with E-state index in [0.717, 1.165) is 21.4 Å². The minimum Gasteiger partial charge on any atom is -0.360 e. The van der Waals surface area contributed by atoms with Gasteiger partial charge in [-0.25, -0.2) is 8.42 Å². The summed E-state index contributed by atoms with van der Waals surface area (Å²) in [4.78, 5) is 28.7. The maximum absolute atomic E-state index is 13.1. The van der Waals surface area contributed by atoms with Gasteiger partial charge in [0.1, 0.15) is 4.21 Å². The number of likely N-dealkylation sites (N-methyl/N-ethyl adjacent to an activating group) is 1. The van der Waals surface area contributed by atoms with Gasteiger partial charge in [-0.2, -0.15) is 0 Å². The number of nitrogens with one attached hydrogen (secondary N) is 2. The Labute approximate surface area is 187 Å². The van der Waals surface area contributed by atoms with Crippen LogP contribution >= 0.6 is 22.9 Å². The predicted octanol–water partition coefficient (Wildman–Crippen LogP) is 4.42. The third-order valence-corrected chi connectivity index (χ3v) is 8.39. The van der Waals surface area contributed by atoms with Crippen molar-refractivity contribution in [2.24, 2.45) is 0 Å². The van der Waals surface area contributed by atoms with E-state index in [1.165, 1.54) is 25.2 Å². The Hall–Kier alpha value is -2.88. The number of hydrogen-bond donors (Lipinski definition) is 2. The van der Waals surface area contributed by atoms with Crippen LogP contribution < -0.4 is 4.72 Å². The molecule has 2 aromatic heterocycles. The van der Waals surface area contributed by atoms with E-state index in [2.05, 4.69) is 9.71 Å². The average Bonchev–Trinajstić information content (AvgIpc) is 3.28. The van der Waals surface area contributed by atoms with E-state index in [-0.39, 0.29) is 15.5 Å². The van der Waals surface area contributed by atoms with Crippen molar-refractivity contribution in [3.8, 4) is 0 Å². The fourth-order valence-electron chi connectivity index (χ4n) is 3.32. The van der Waals surface area contributed by atoms with Gasteiger partial charge in [-0.05, 0) is 54.3 Å². The second-order valence-electron chi connectivity index (χ2n) is 7.25. The fraction of sp³-hybridized carbons (Fsp3) is 0.143. The monoisotopic (exact) mass is 475 g/mol. The number of halogens is 1. The van der Waals surface area contributed by atoms with Gasteiger partial charge >= 0.3 is 0 Å². The van der Waals surface area contributed by atoms with Gasteiger partial charge in [-0.3, -0.25) is 14.3 Å². The lowest BCUT2D eigenvalue weighted by molar-refractivity contribution is -0.124. The Morgan fingerprint density at radius 2 is 1.84 bits per heavy atom. The molecule has 0 aliphatic heterocycles. The number of aromatic nitrogens is 1. The van der Waals surface area contributed by atoms with E-state index in [1.807, 2.05) is 0 Å². The van der Waals surface area contributed by atoms with Crippen molar-refractivity contribution in [1.29, 1.82) is 0 Å².